The van der Waals surface area contributed by atoms with Crippen molar-refractivity contribution in [3.8, 4) is 0 Å². The first kappa shape index (κ1) is 21.7. The quantitative estimate of drug-likeness (QED) is 0.538. The maximum atomic E-state index is 13.0. The van der Waals surface area contributed by atoms with Crippen LogP contribution in [0.15, 0.2) is 34.5 Å². The number of nitro benzene ring substituents is 1. The zero-order chi connectivity index (χ0) is 22.2. The van der Waals surface area contributed by atoms with Crippen molar-refractivity contribution in [3.05, 3.63) is 50.2 Å². The molecule has 0 bridgehead atoms. The summed E-state index contributed by atoms with van der Waals surface area (Å²) in [6.07, 6.45) is 1.76. The zero-order valence-corrected chi connectivity index (χ0v) is 18.7. The molecule has 166 valence electrons. The average molecular weight is 465 g/mol. The van der Waals surface area contributed by atoms with Gasteiger partial charge in [0.2, 0.25) is 15.9 Å². The number of fused-ring (bicyclic) bond motifs is 1. The smallest absolute Gasteiger partial charge is 0.293 e. The number of nitrogens with zero attached hydrogens (tertiary/aromatic N) is 3. The first-order valence-corrected chi connectivity index (χ1v) is 12.4. The fraction of sp³-hybridized carbons (Fsp3) is 0.450. The maximum Gasteiger partial charge on any atom is 0.293 e. The van der Waals surface area contributed by atoms with Crippen molar-refractivity contribution in [2.24, 2.45) is 5.92 Å². The van der Waals surface area contributed by atoms with Crippen LogP contribution in [-0.4, -0.2) is 55.1 Å². The van der Waals surface area contributed by atoms with Gasteiger partial charge in [0.1, 0.15) is 5.69 Å². The summed E-state index contributed by atoms with van der Waals surface area (Å²) in [5, 5.41) is 16.0. The molecule has 0 unspecified atom stereocenters. The number of sulfonamides is 1. The number of carbonyl (C=O) groups excluding carboxylic acids is 1. The van der Waals surface area contributed by atoms with E-state index in [1.165, 1.54) is 26.9 Å². The van der Waals surface area contributed by atoms with Gasteiger partial charge in [0.25, 0.3) is 5.69 Å². The number of benzene rings is 1. The Balaban J connectivity index is 1.43. The van der Waals surface area contributed by atoms with Gasteiger partial charge in [0, 0.05) is 50.1 Å². The van der Waals surface area contributed by atoms with Crippen molar-refractivity contribution in [3.63, 3.8) is 0 Å². The van der Waals surface area contributed by atoms with Crippen molar-refractivity contribution in [2.75, 3.05) is 32.0 Å². The molecule has 9 nitrogen and oxygen atoms in total. The van der Waals surface area contributed by atoms with Gasteiger partial charge in [-0.3, -0.25) is 14.9 Å². The highest BCUT2D eigenvalue weighted by Gasteiger charge is 2.35. The fourth-order valence-corrected chi connectivity index (χ4v) is 6.60. The molecule has 1 amide bonds. The number of rotatable bonds is 5. The molecule has 0 aliphatic carbocycles. The lowest BCUT2D eigenvalue weighted by atomic mass is 9.95. The Morgan fingerprint density at radius 1 is 1.23 bits per heavy atom. The molecule has 11 heteroatoms. The Bertz CT molecular complexity index is 1110. The van der Waals surface area contributed by atoms with Gasteiger partial charge < -0.3 is 10.2 Å². The maximum absolute atomic E-state index is 13.0. The highest BCUT2D eigenvalue weighted by Crippen LogP contribution is 2.32. The third-order valence-electron chi connectivity index (χ3n) is 6.00. The summed E-state index contributed by atoms with van der Waals surface area (Å²) in [6.45, 7) is 1.76. The van der Waals surface area contributed by atoms with E-state index in [0.29, 0.717) is 25.9 Å². The summed E-state index contributed by atoms with van der Waals surface area (Å²) in [5.41, 5.74) is 1.17. The predicted octanol–water partition coefficient (Wildman–Crippen LogP) is 2.68. The molecule has 1 aromatic heterocycles. The van der Waals surface area contributed by atoms with E-state index in [1.807, 2.05) is 4.90 Å². The molecule has 1 fully saturated rings. The van der Waals surface area contributed by atoms with Crippen molar-refractivity contribution in [1.29, 1.82) is 0 Å². The molecule has 2 aliphatic rings. The van der Waals surface area contributed by atoms with Crippen LogP contribution >= 0.6 is 11.3 Å². The molecule has 2 aliphatic heterocycles. The lowest BCUT2D eigenvalue weighted by Gasteiger charge is -2.35. The van der Waals surface area contributed by atoms with E-state index in [1.54, 1.807) is 18.4 Å². The number of piperidine rings is 1. The number of thiophene rings is 1. The number of amides is 1. The minimum absolute atomic E-state index is 0.0860. The van der Waals surface area contributed by atoms with E-state index in [4.69, 9.17) is 0 Å². The van der Waals surface area contributed by atoms with Gasteiger partial charge in [-0.25, -0.2) is 8.42 Å². The second-order valence-corrected chi connectivity index (χ2v) is 10.7. The Kier molecular flexibility index (Phi) is 6.00. The van der Waals surface area contributed by atoms with Crippen molar-refractivity contribution < 1.29 is 18.1 Å². The Morgan fingerprint density at radius 3 is 2.65 bits per heavy atom. The summed E-state index contributed by atoms with van der Waals surface area (Å²) in [6, 6.07) is 5.92. The summed E-state index contributed by atoms with van der Waals surface area (Å²) in [5.74, 6) is -0.115. The van der Waals surface area contributed by atoms with Gasteiger partial charge in [0.15, 0.2) is 0 Å². The molecule has 31 heavy (non-hydrogen) atoms. The van der Waals surface area contributed by atoms with Crippen LogP contribution < -0.4 is 5.32 Å². The predicted molar refractivity (Wildman–Crippen MR) is 118 cm³/mol. The third-order valence-corrected chi connectivity index (χ3v) is 8.91. The normalized spacial score (nSPS) is 17.9. The first-order valence-electron chi connectivity index (χ1n) is 10.1. The summed E-state index contributed by atoms with van der Waals surface area (Å²) in [7, 11) is -2.33. The van der Waals surface area contributed by atoms with E-state index in [2.05, 4.69) is 16.8 Å². The number of nitrogens with one attached hydrogen (secondary N) is 1. The van der Waals surface area contributed by atoms with E-state index in [0.717, 1.165) is 12.5 Å². The van der Waals surface area contributed by atoms with Crippen LogP contribution in [0.1, 0.15) is 23.3 Å². The fourth-order valence-electron chi connectivity index (χ4n) is 4.22. The Labute approximate surface area is 184 Å². The van der Waals surface area contributed by atoms with Gasteiger partial charge in [-0.1, -0.05) is 0 Å². The van der Waals surface area contributed by atoms with Crippen LogP contribution in [0.4, 0.5) is 11.4 Å². The summed E-state index contributed by atoms with van der Waals surface area (Å²) in [4.78, 5) is 26.8. The zero-order valence-electron chi connectivity index (χ0n) is 17.1. The number of hydrogen-bond acceptors (Lipinski definition) is 7. The minimum atomic E-state index is -3.87. The monoisotopic (exact) mass is 464 g/mol. The molecule has 1 saturated heterocycles. The second-order valence-electron chi connectivity index (χ2n) is 7.74. The standard InChI is InChI=1S/C20H24N4O5S2/c1-21-17-3-2-16(12-18(17)24(26)27)31(28,29)23-9-4-14(5-10-23)20(25)22-8-6-19-15(13-22)7-11-30-19/h2-3,7,11-12,14,21H,4-6,8-10,13H2,1H3. The topological polar surface area (TPSA) is 113 Å². The first-order chi connectivity index (χ1) is 14.8. The molecular weight excluding hydrogens is 440 g/mol. The third kappa shape index (κ3) is 4.17. The van der Waals surface area contributed by atoms with Gasteiger partial charge >= 0.3 is 0 Å². The summed E-state index contributed by atoms with van der Waals surface area (Å²) >= 11 is 1.72. The molecule has 0 atom stereocenters. The molecule has 1 N–H and O–H groups in total. The molecule has 0 saturated carbocycles. The molecule has 1 aromatic carbocycles. The Hall–Kier alpha value is -2.50. The number of nitro groups is 1. The number of anilines is 1. The lowest BCUT2D eigenvalue weighted by molar-refractivity contribution is -0.384. The highest BCUT2D eigenvalue weighted by atomic mass is 32.2. The second kappa shape index (κ2) is 8.56. The molecule has 0 radical (unpaired) electrons. The molecule has 3 heterocycles. The number of carbonyl (C=O) groups is 1. The molecule has 2 aromatic rings. The molecule has 4 rings (SSSR count). The van der Waals surface area contributed by atoms with Gasteiger partial charge in [-0.05, 0) is 48.4 Å². The highest BCUT2D eigenvalue weighted by molar-refractivity contribution is 7.89. The lowest BCUT2D eigenvalue weighted by Crippen LogP contribution is -2.45. The van der Waals surface area contributed by atoms with E-state index < -0.39 is 14.9 Å². The van der Waals surface area contributed by atoms with Crippen molar-refractivity contribution in [1.82, 2.24) is 9.21 Å². The van der Waals surface area contributed by atoms with Crippen molar-refractivity contribution >= 4 is 38.6 Å². The number of hydrogen-bond donors (Lipinski definition) is 1. The van der Waals surface area contributed by atoms with Gasteiger partial charge in [0.05, 0.1) is 9.82 Å². The van der Waals surface area contributed by atoms with Crippen LogP contribution in [0.25, 0.3) is 0 Å². The molecule has 0 spiro atoms. The SMILES string of the molecule is CNc1ccc(S(=O)(=O)N2CCC(C(=O)N3CCc4sccc4C3)CC2)cc1[N+](=O)[O-]. The summed E-state index contributed by atoms with van der Waals surface area (Å²) < 4.78 is 27.4. The van der Waals surface area contributed by atoms with Crippen LogP contribution in [-0.2, 0) is 27.8 Å². The van der Waals surface area contributed by atoms with Gasteiger partial charge in [-0.15, -0.1) is 11.3 Å². The van der Waals surface area contributed by atoms with E-state index in [9.17, 15) is 23.3 Å². The van der Waals surface area contributed by atoms with Gasteiger partial charge in [-0.2, -0.15) is 4.31 Å². The van der Waals surface area contributed by atoms with Crippen LogP contribution in [0.3, 0.4) is 0 Å². The Morgan fingerprint density at radius 2 is 1.97 bits per heavy atom. The minimum Gasteiger partial charge on any atom is -0.383 e. The van der Waals surface area contributed by atoms with Crippen molar-refractivity contribution in [2.45, 2.75) is 30.7 Å². The molecular formula is C20H24N4O5S2. The largest absolute Gasteiger partial charge is 0.383 e. The van der Waals surface area contributed by atoms with E-state index in [-0.39, 0.29) is 41.2 Å². The van der Waals surface area contributed by atoms with E-state index >= 15 is 0 Å². The van der Waals surface area contributed by atoms with Crippen LogP contribution in [0.5, 0.6) is 0 Å². The average Bonchev–Trinajstić information content (AvgIpc) is 3.26. The van der Waals surface area contributed by atoms with Crippen LogP contribution in [0.2, 0.25) is 0 Å². The van der Waals surface area contributed by atoms with Crippen LogP contribution in [0, 0.1) is 16.0 Å².